The molecule has 2 aliphatic rings. The smallest absolute Gasteiger partial charge is 0.222 e. The van der Waals surface area contributed by atoms with Crippen LogP contribution in [-0.4, -0.2) is 82.3 Å². The molecule has 0 unspecified atom stereocenters. The molecule has 0 N–H and O–H groups in total. The lowest BCUT2D eigenvalue weighted by Crippen LogP contribution is -2.40. The Labute approximate surface area is 153 Å². The van der Waals surface area contributed by atoms with Crippen LogP contribution >= 0.6 is 0 Å². The maximum Gasteiger partial charge on any atom is 0.222 e. The first-order valence-corrected chi connectivity index (χ1v) is 9.51. The fourth-order valence-electron chi connectivity index (χ4n) is 3.91. The molecule has 2 aromatic rings. The number of carbonyl (C=O) groups is 1. The first-order chi connectivity index (χ1) is 12.6. The van der Waals surface area contributed by atoms with Crippen LogP contribution in [-0.2, 0) is 4.79 Å². The molecule has 0 radical (unpaired) electrons. The number of nitrogens with zero attached hydrogens (tertiary/aromatic N) is 7. The highest BCUT2D eigenvalue weighted by atomic mass is 16.2. The number of fused-ring (bicyclic) bond motifs is 1. The largest absolute Gasteiger partial charge is 0.361 e. The van der Waals surface area contributed by atoms with E-state index in [9.17, 15) is 4.79 Å². The van der Waals surface area contributed by atoms with Gasteiger partial charge in [-0.3, -0.25) is 4.79 Å². The Morgan fingerprint density at radius 2 is 1.92 bits per heavy atom. The van der Waals surface area contributed by atoms with Gasteiger partial charge in [0, 0.05) is 46.1 Å². The first-order valence-electron chi connectivity index (χ1n) is 9.51. The van der Waals surface area contributed by atoms with Gasteiger partial charge in [0.2, 0.25) is 5.91 Å². The molecule has 0 spiro atoms. The van der Waals surface area contributed by atoms with Gasteiger partial charge in [-0.05, 0) is 44.5 Å². The van der Waals surface area contributed by atoms with Crippen LogP contribution in [0.4, 0.5) is 5.82 Å². The summed E-state index contributed by atoms with van der Waals surface area (Å²) >= 11 is 0. The van der Waals surface area contributed by atoms with Crippen molar-refractivity contribution in [3.8, 4) is 0 Å². The standard InChI is InChI=1S/C18H27N7O/c1-22(2)16-6-5-15-19-20-18(25(15)21-16)14-7-10-23(11-8-14)12-13-24-9-3-4-17(24)26/h5-6,14H,3-4,7-13H2,1-2H3. The normalized spacial score (nSPS) is 19.6. The molecule has 26 heavy (non-hydrogen) atoms. The van der Waals surface area contributed by atoms with E-state index in [-0.39, 0.29) is 0 Å². The van der Waals surface area contributed by atoms with Crippen LogP contribution < -0.4 is 4.90 Å². The third-order valence-electron chi connectivity index (χ3n) is 5.54. The number of carbonyl (C=O) groups excluding carboxylic acids is 1. The Balaban J connectivity index is 1.38. The third kappa shape index (κ3) is 3.38. The molecule has 8 heteroatoms. The van der Waals surface area contributed by atoms with Gasteiger partial charge >= 0.3 is 0 Å². The van der Waals surface area contributed by atoms with Crippen molar-refractivity contribution in [1.29, 1.82) is 0 Å². The topological polar surface area (TPSA) is 69.9 Å². The average molecular weight is 357 g/mol. The molecule has 4 rings (SSSR count). The minimum Gasteiger partial charge on any atom is -0.361 e. The van der Waals surface area contributed by atoms with E-state index in [1.54, 1.807) is 0 Å². The summed E-state index contributed by atoms with van der Waals surface area (Å²) in [4.78, 5) is 18.2. The zero-order chi connectivity index (χ0) is 18.1. The summed E-state index contributed by atoms with van der Waals surface area (Å²) in [5, 5.41) is 13.4. The molecule has 2 fully saturated rings. The average Bonchev–Trinajstić information content (AvgIpc) is 3.26. The zero-order valence-corrected chi connectivity index (χ0v) is 15.6. The third-order valence-corrected chi connectivity index (χ3v) is 5.54. The number of amides is 1. The molecule has 0 aliphatic carbocycles. The molecule has 140 valence electrons. The van der Waals surface area contributed by atoms with E-state index in [4.69, 9.17) is 0 Å². The summed E-state index contributed by atoms with van der Waals surface area (Å²) in [7, 11) is 3.98. The van der Waals surface area contributed by atoms with Crippen LogP contribution in [0.2, 0.25) is 0 Å². The lowest BCUT2D eigenvalue weighted by molar-refractivity contribution is -0.127. The number of anilines is 1. The van der Waals surface area contributed by atoms with Crippen molar-refractivity contribution >= 4 is 17.4 Å². The molecule has 4 heterocycles. The summed E-state index contributed by atoms with van der Waals surface area (Å²) in [6.07, 6.45) is 3.86. The van der Waals surface area contributed by atoms with Crippen LogP contribution in [0.15, 0.2) is 12.1 Å². The minimum atomic E-state index is 0.317. The Morgan fingerprint density at radius 3 is 2.62 bits per heavy atom. The van der Waals surface area contributed by atoms with Crippen molar-refractivity contribution in [1.82, 2.24) is 29.6 Å². The van der Waals surface area contributed by atoms with Crippen LogP contribution in [0.1, 0.15) is 37.4 Å². The summed E-state index contributed by atoms with van der Waals surface area (Å²) < 4.78 is 1.90. The van der Waals surface area contributed by atoms with Crippen molar-refractivity contribution in [2.45, 2.75) is 31.6 Å². The predicted molar refractivity (Wildman–Crippen MR) is 99.3 cm³/mol. The molecular formula is C18H27N7O. The Morgan fingerprint density at radius 1 is 1.12 bits per heavy atom. The first kappa shape index (κ1) is 17.2. The molecule has 1 amide bonds. The molecular weight excluding hydrogens is 330 g/mol. The Kier molecular flexibility index (Phi) is 4.76. The highest BCUT2D eigenvalue weighted by molar-refractivity contribution is 5.78. The Bertz CT molecular complexity index is 779. The van der Waals surface area contributed by atoms with E-state index in [2.05, 4.69) is 20.2 Å². The van der Waals surface area contributed by atoms with E-state index in [1.807, 2.05) is 40.5 Å². The second-order valence-electron chi connectivity index (χ2n) is 7.51. The van der Waals surface area contributed by atoms with E-state index >= 15 is 0 Å². The molecule has 2 aliphatic heterocycles. The minimum absolute atomic E-state index is 0.317. The van der Waals surface area contributed by atoms with E-state index in [0.717, 1.165) is 75.7 Å². The maximum atomic E-state index is 11.7. The van der Waals surface area contributed by atoms with Gasteiger partial charge in [-0.15, -0.1) is 15.3 Å². The second kappa shape index (κ2) is 7.19. The van der Waals surface area contributed by atoms with Crippen molar-refractivity contribution in [2.75, 3.05) is 51.7 Å². The molecule has 0 bridgehead atoms. The van der Waals surface area contributed by atoms with Gasteiger partial charge < -0.3 is 14.7 Å². The van der Waals surface area contributed by atoms with Crippen molar-refractivity contribution in [3.05, 3.63) is 18.0 Å². The number of hydrogen-bond acceptors (Lipinski definition) is 6. The van der Waals surface area contributed by atoms with Crippen LogP contribution in [0, 0.1) is 0 Å². The SMILES string of the molecule is CN(C)c1ccc2nnc(C3CCN(CCN4CCCC4=O)CC3)n2n1. The highest BCUT2D eigenvalue weighted by Gasteiger charge is 2.26. The van der Waals surface area contributed by atoms with Gasteiger partial charge in [0.15, 0.2) is 11.5 Å². The lowest BCUT2D eigenvalue weighted by Gasteiger charge is -2.32. The van der Waals surface area contributed by atoms with Gasteiger partial charge in [0.05, 0.1) is 0 Å². The summed E-state index contributed by atoms with van der Waals surface area (Å²) in [5.41, 5.74) is 0.806. The fraction of sp³-hybridized carbons (Fsp3) is 0.667. The van der Waals surface area contributed by atoms with Crippen LogP contribution in [0.3, 0.4) is 0 Å². The highest BCUT2D eigenvalue weighted by Crippen LogP contribution is 2.27. The molecule has 0 aromatic carbocycles. The van der Waals surface area contributed by atoms with Crippen molar-refractivity contribution < 1.29 is 4.79 Å². The quantitative estimate of drug-likeness (QED) is 0.795. The van der Waals surface area contributed by atoms with Crippen LogP contribution in [0.25, 0.3) is 5.65 Å². The number of likely N-dealkylation sites (tertiary alicyclic amines) is 2. The van der Waals surface area contributed by atoms with Gasteiger partial charge in [0.25, 0.3) is 0 Å². The van der Waals surface area contributed by atoms with Gasteiger partial charge in [0.1, 0.15) is 5.82 Å². The number of piperidine rings is 1. The fourth-order valence-corrected chi connectivity index (χ4v) is 3.91. The maximum absolute atomic E-state index is 11.7. The van der Waals surface area contributed by atoms with E-state index in [0.29, 0.717) is 11.8 Å². The molecule has 0 atom stereocenters. The van der Waals surface area contributed by atoms with Gasteiger partial charge in [-0.2, -0.15) is 4.52 Å². The predicted octanol–water partition coefficient (Wildman–Crippen LogP) is 0.992. The molecule has 2 aromatic heterocycles. The second-order valence-corrected chi connectivity index (χ2v) is 7.51. The number of rotatable bonds is 5. The zero-order valence-electron chi connectivity index (χ0n) is 15.6. The van der Waals surface area contributed by atoms with E-state index < -0.39 is 0 Å². The Hall–Kier alpha value is -2.22. The lowest BCUT2D eigenvalue weighted by atomic mass is 9.96. The van der Waals surface area contributed by atoms with Crippen molar-refractivity contribution in [3.63, 3.8) is 0 Å². The molecule has 8 nitrogen and oxygen atoms in total. The molecule has 2 saturated heterocycles. The van der Waals surface area contributed by atoms with Crippen LogP contribution in [0.5, 0.6) is 0 Å². The molecule has 0 saturated carbocycles. The summed E-state index contributed by atoms with van der Waals surface area (Å²) in [6, 6.07) is 3.94. The summed E-state index contributed by atoms with van der Waals surface area (Å²) in [5.74, 6) is 2.58. The monoisotopic (exact) mass is 357 g/mol. The van der Waals surface area contributed by atoms with Gasteiger partial charge in [-0.1, -0.05) is 0 Å². The van der Waals surface area contributed by atoms with Gasteiger partial charge in [-0.25, -0.2) is 0 Å². The number of hydrogen-bond donors (Lipinski definition) is 0. The summed E-state index contributed by atoms with van der Waals surface area (Å²) in [6.45, 7) is 4.85. The number of aromatic nitrogens is 4. The van der Waals surface area contributed by atoms with E-state index in [1.165, 1.54) is 0 Å². The van der Waals surface area contributed by atoms with Crippen molar-refractivity contribution in [2.24, 2.45) is 0 Å².